The SMILES string of the molecule is CCCCCC1=NCC=C1. The van der Waals surface area contributed by atoms with Crippen molar-refractivity contribution in [3.05, 3.63) is 12.2 Å². The van der Waals surface area contributed by atoms with Crippen LogP contribution in [0.5, 0.6) is 0 Å². The molecule has 1 heterocycles. The molecule has 0 saturated heterocycles. The van der Waals surface area contributed by atoms with Gasteiger partial charge < -0.3 is 0 Å². The number of hydrogen-bond acceptors (Lipinski definition) is 1. The minimum absolute atomic E-state index is 0.918. The van der Waals surface area contributed by atoms with Crippen molar-refractivity contribution in [2.45, 2.75) is 32.6 Å². The molecule has 0 aromatic carbocycles. The zero-order chi connectivity index (χ0) is 7.23. The average molecular weight is 137 g/mol. The van der Waals surface area contributed by atoms with E-state index in [0.717, 1.165) is 6.54 Å². The van der Waals surface area contributed by atoms with Gasteiger partial charge in [0.2, 0.25) is 0 Å². The van der Waals surface area contributed by atoms with Gasteiger partial charge in [0.05, 0.1) is 6.54 Å². The van der Waals surface area contributed by atoms with Crippen LogP contribution in [-0.4, -0.2) is 12.3 Å². The fraction of sp³-hybridized carbons (Fsp3) is 0.667. The number of allylic oxidation sites excluding steroid dienone is 1. The summed E-state index contributed by atoms with van der Waals surface area (Å²) in [6.07, 6.45) is 9.41. The van der Waals surface area contributed by atoms with Crippen molar-refractivity contribution in [3.63, 3.8) is 0 Å². The number of rotatable bonds is 4. The van der Waals surface area contributed by atoms with Crippen LogP contribution in [0.4, 0.5) is 0 Å². The summed E-state index contributed by atoms with van der Waals surface area (Å²) in [7, 11) is 0. The highest BCUT2D eigenvalue weighted by Gasteiger charge is 1.97. The Morgan fingerprint density at radius 1 is 1.50 bits per heavy atom. The molecule has 56 valence electrons. The van der Waals surface area contributed by atoms with E-state index < -0.39 is 0 Å². The Kier molecular flexibility index (Phi) is 3.20. The summed E-state index contributed by atoms with van der Waals surface area (Å²) in [6, 6.07) is 0. The topological polar surface area (TPSA) is 12.4 Å². The van der Waals surface area contributed by atoms with Gasteiger partial charge in [0.1, 0.15) is 0 Å². The van der Waals surface area contributed by atoms with E-state index in [1.165, 1.54) is 31.4 Å². The van der Waals surface area contributed by atoms with Crippen LogP contribution in [0.3, 0.4) is 0 Å². The molecule has 0 N–H and O–H groups in total. The summed E-state index contributed by atoms with van der Waals surface area (Å²) in [6.45, 7) is 3.15. The third kappa shape index (κ3) is 2.34. The molecule has 0 aromatic heterocycles. The van der Waals surface area contributed by atoms with Gasteiger partial charge in [-0.2, -0.15) is 0 Å². The minimum atomic E-state index is 0.918. The van der Waals surface area contributed by atoms with Crippen molar-refractivity contribution < 1.29 is 0 Å². The van der Waals surface area contributed by atoms with Gasteiger partial charge in [0.15, 0.2) is 0 Å². The summed E-state index contributed by atoms with van der Waals surface area (Å²) in [5.74, 6) is 0. The lowest BCUT2D eigenvalue weighted by Crippen LogP contribution is -1.89. The van der Waals surface area contributed by atoms with E-state index in [1.807, 2.05) is 0 Å². The fourth-order valence-electron chi connectivity index (χ4n) is 1.13. The molecule has 0 amide bonds. The lowest BCUT2D eigenvalue weighted by molar-refractivity contribution is 0.743. The molecule has 0 fully saturated rings. The summed E-state index contributed by atoms with van der Waals surface area (Å²) < 4.78 is 0. The maximum absolute atomic E-state index is 4.31. The molecule has 1 rings (SSSR count). The largest absolute Gasteiger partial charge is 0.286 e. The zero-order valence-corrected chi connectivity index (χ0v) is 6.64. The molecular formula is C9H15N. The first-order valence-corrected chi connectivity index (χ1v) is 4.13. The minimum Gasteiger partial charge on any atom is -0.286 e. The van der Waals surface area contributed by atoms with E-state index in [0.29, 0.717) is 0 Å². The highest BCUT2D eigenvalue weighted by molar-refractivity contribution is 5.96. The molecule has 0 spiro atoms. The van der Waals surface area contributed by atoms with Gasteiger partial charge in [-0.3, -0.25) is 4.99 Å². The van der Waals surface area contributed by atoms with Gasteiger partial charge >= 0.3 is 0 Å². The first kappa shape index (κ1) is 7.52. The molecule has 1 nitrogen and oxygen atoms in total. The van der Waals surface area contributed by atoms with Crippen LogP contribution < -0.4 is 0 Å². The molecule has 0 radical (unpaired) electrons. The Labute approximate surface area is 62.9 Å². The van der Waals surface area contributed by atoms with E-state index in [9.17, 15) is 0 Å². The van der Waals surface area contributed by atoms with Crippen molar-refractivity contribution in [1.29, 1.82) is 0 Å². The summed E-state index contributed by atoms with van der Waals surface area (Å²) in [5.41, 5.74) is 1.30. The standard InChI is InChI=1S/C9H15N/c1-2-3-4-6-9-7-5-8-10-9/h5,7H,2-4,6,8H2,1H3. The molecule has 1 aliphatic rings. The van der Waals surface area contributed by atoms with Gasteiger partial charge in [-0.05, 0) is 18.9 Å². The first-order valence-electron chi connectivity index (χ1n) is 4.13. The number of hydrogen-bond donors (Lipinski definition) is 0. The lowest BCUT2D eigenvalue weighted by atomic mass is 10.1. The van der Waals surface area contributed by atoms with E-state index in [1.54, 1.807) is 0 Å². The quantitative estimate of drug-likeness (QED) is 0.528. The molecule has 0 atom stereocenters. The number of nitrogens with zero attached hydrogens (tertiary/aromatic N) is 1. The third-order valence-electron chi connectivity index (χ3n) is 1.75. The Bertz CT molecular complexity index is 145. The van der Waals surface area contributed by atoms with Gasteiger partial charge in [-0.1, -0.05) is 25.8 Å². The van der Waals surface area contributed by atoms with E-state index >= 15 is 0 Å². The Hall–Kier alpha value is -0.590. The molecule has 1 heteroatoms. The smallest absolute Gasteiger partial charge is 0.0577 e. The van der Waals surface area contributed by atoms with Gasteiger partial charge in [-0.25, -0.2) is 0 Å². The van der Waals surface area contributed by atoms with Crippen LogP contribution >= 0.6 is 0 Å². The normalized spacial score (nSPS) is 15.9. The predicted molar refractivity (Wildman–Crippen MR) is 45.6 cm³/mol. The molecule has 1 aliphatic heterocycles. The summed E-state index contributed by atoms with van der Waals surface area (Å²) >= 11 is 0. The van der Waals surface area contributed by atoms with Crippen molar-refractivity contribution in [3.8, 4) is 0 Å². The van der Waals surface area contributed by atoms with E-state index in [4.69, 9.17) is 0 Å². The molecule has 0 aromatic rings. The summed E-state index contributed by atoms with van der Waals surface area (Å²) in [5, 5.41) is 0. The Morgan fingerprint density at radius 3 is 3.00 bits per heavy atom. The van der Waals surface area contributed by atoms with Crippen LogP contribution in [0.2, 0.25) is 0 Å². The second kappa shape index (κ2) is 4.26. The lowest BCUT2D eigenvalue weighted by Gasteiger charge is -1.95. The van der Waals surface area contributed by atoms with Gasteiger partial charge in [0.25, 0.3) is 0 Å². The van der Waals surface area contributed by atoms with E-state index in [2.05, 4.69) is 24.1 Å². The number of unbranched alkanes of at least 4 members (excludes halogenated alkanes) is 2. The maximum atomic E-state index is 4.31. The Balaban J connectivity index is 2.08. The molecule has 0 saturated carbocycles. The van der Waals surface area contributed by atoms with Crippen LogP contribution in [0.15, 0.2) is 17.1 Å². The number of aliphatic imine (C=N–C) groups is 1. The third-order valence-corrected chi connectivity index (χ3v) is 1.75. The summed E-state index contributed by atoms with van der Waals surface area (Å²) in [4.78, 5) is 4.31. The van der Waals surface area contributed by atoms with Gasteiger partial charge in [-0.15, -0.1) is 0 Å². The fourth-order valence-corrected chi connectivity index (χ4v) is 1.13. The van der Waals surface area contributed by atoms with Crippen LogP contribution in [0, 0.1) is 0 Å². The Morgan fingerprint density at radius 2 is 2.40 bits per heavy atom. The monoisotopic (exact) mass is 137 g/mol. The van der Waals surface area contributed by atoms with Crippen molar-refractivity contribution in [2.75, 3.05) is 6.54 Å². The van der Waals surface area contributed by atoms with Gasteiger partial charge in [0, 0.05) is 5.71 Å². The second-order valence-corrected chi connectivity index (χ2v) is 2.69. The highest BCUT2D eigenvalue weighted by Crippen LogP contribution is 2.04. The van der Waals surface area contributed by atoms with Crippen molar-refractivity contribution >= 4 is 5.71 Å². The average Bonchev–Trinajstić information content (AvgIpc) is 2.41. The first-order chi connectivity index (χ1) is 4.93. The molecule has 0 unspecified atom stereocenters. The molecular weight excluding hydrogens is 122 g/mol. The molecule has 0 aliphatic carbocycles. The van der Waals surface area contributed by atoms with Crippen LogP contribution in [-0.2, 0) is 0 Å². The van der Waals surface area contributed by atoms with Crippen molar-refractivity contribution in [2.24, 2.45) is 4.99 Å². The zero-order valence-electron chi connectivity index (χ0n) is 6.64. The second-order valence-electron chi connectivity index (χ2n) is 2.69. The molecule has 0 bridgehead atoms. The van der Waals surface area contributed by atoms with Crippen LogP contribution in [0.1, 0.15) is 32.6 Å². The van der Waals surface area contributed by atoms with Crippen molar-refractivity contribution in [1.82, 2.24) is 0 Å². The van der Waals surface area contributed by atoms with Crippen LogP contribution in [0.25, 0.3) is 0 Å². The highest BCUT2D eigenvalue weighted by atomic mass is 14.7. The maximum Gasteiger partial charge on any atom is 0.0577 e. The van der Waals surface area contributed by atoms with E-state index in [-0.39, 0.29) is 0 Å². The predicted octanol–water partition coefficient (Wildman–Crippen LogP) is 2.58. The molecule has 10 heavy (non-hydrogen) atoms.